The van der Waals surface area contributed by atoms with Crippen LogP contribution in [0, 0.1) is 0 Å². The van der Waals surface area contributed by atoms with E-state index in [1.165, 1.54) is 24.3 Å². The average molecular weight is 520 g/mol. The third-order valence-corrected chi connectivity index (χ3v) is 7.28. The summed E-state index contributed by atoms with van der Waals surface area (Å²) in [6.45, 7) is 2.47. The van der Waals surface area contributed by atoms with E-state index in [0.717, 1.165) is 5.69 Å². The molecule has 1 N–H and O–H groups in total. The van der Waals surface area contributed by atoms with E-state index in [2.05, 4.69) is 9.62 Å². The molecule has 0 radical (unpaired) electrons. The molecule has 0 aliphatic carbocycles. The predicted molar refractivity (Wildman–Crippen MR) is 134 cm³/mol. The summed E-state index contributed by atoms with van der Waals surface area (Å²) in [6, 6.07) is 19.9. The van der Waals surface area contributed by atoms with Crippen LogP contribution in [0.3, 0.4) is 0 Å². The Balaban J connectivity index is 1.28. The second-order valence-corrected chi connectivity index (χ2v) is 10.3. The van der Waals surface area contributed by atoms with E-state index in [1.54, 1.807) is 29.2 Å². The molecule has 1 aliphatic rings. The van der Waals surface area contributed by atoms with Gasteiger partial charge in [-0.15, -0.1) is 0 Å². The Morgan fingerprint density at radius 3 is 2.21 bits per heavy atom. The van der Waals surface area contributed by atoms with Crippen LogP contribution in [0.2, 0.25) is 10.0 Å². The van der Waals surface area contributed by atoms with Crippen LogP contribution in [0.4, 0.5) is 11.4 Å². The van der Waals surface area contributed by atoms with E-state index < -0.39 is 10.0 Å². The van der Waals surface area contributed by atoms with Crippen LogP contribution in [-0.2, 0) is 14.8 Å². The standard InChI is InChI=1S/C24H23Cl2N3O4S/c25-18-4-6-20(7-5-18)27-34(31,32)23-10-8-22(9-11-23)33-17-24(30)29-14-12-28(13-15-29)21-3-1-2-19(26)16-21/h1-11,16,27H,12-15,17H2. The zero-order chi connectivity index (χ0) is 24.1. The summed E-state index contributed by atoms with van der Waals surface area (Å²) in [7, 11) is -3.76. The van der Waals surface area contributed by atoms with Crippen molar-refractivity contribution in [3.05, 3.63) is 82.8 Å². The fourth-order valence-corrected chi connectivity index (χ4v) is 4.94. The van der Waals surface area contributed by atoms with Crippen LogP contribution in [-0.4, -0.2) is 52.0 Å². The monoisotopic (exact) mass is 519 g/mol. The lowest BCUT2D eigenvalue weighted by molar-refractivity contribution is -0.133. The largest absolute Gasteiger partial charge is 0.484 e. The molecule has 0 bridgehead atoms. The van der Waals surface area contributed by atoms with Crippen LogP contribution in [0.1, 0.15) is 0 Å². The van der Waals surface area contributed by atoms with Gasteiger partial charge in [0.15, 0.2) is 6.61 Å². The van der Waals surface area contributed by atoms with Gasteiger partial charge in [-0.25, -0.2) is 8.42 Å². The van der Waals surface area contributed by atoms with Gasteiger partial charge in [-0.2, -0.15) is 0 Å². The molecule has 1 amide bonds. The van der Waals surface area contributed by atoms with Crippen molar-refractivity contribution in [2.24, 2.45) is 0 Å². The SMILES string of the molecule is O=C(COc1ccc(S(=O)(=O)Nc2ccc(Cl)cc2)cc1)N1CCN(c2cccc(Cl)c2)CC1. The van der Waals surface area contributed by atoms with Crippen molar-refractivity contribution in [1.29, 1.82) is 0 Å². The molecular weight excluding hydrogens is 497 g/mol. The van der Waals surface area contributed by atoms with Crippen molar-refractivity contribution in [3.8, 4) is 5.75 Å². The number of piperazine rings is 1. The van der Waals surface area contributed by atoms with Crippen molar-refractivity contribution < 1.29 is 17.9 Å². The van der Waals surface area contributed by atoms with Crippen LogP contribution in [0.5, 0.6) is 5.75 Å². The number of hydrogen-bond donors (Lipinski definition) is 1. The minimum Gasteiger partial charge on any atom is -0.484 e. The second-order valence-electron chi connectivity index (χ2n) is 7.72. The Bertz CT molecular complexity index is 1240. The number of carbonyl (C=O) groups excluding carboxylic acids is 1. The highest BCUT2D eigenvalue weighted by molar-refractivity contribution is 7.92. The van der Waals surface area contributed by atoms with E-state index in [-0.39, 0.29) is 17.4 Å². The minimum atomic E-state index is -3.76. The molecule has 1 aliphatic heterocycles. The lowest BCUT2D eigenvalue weighted by Gasteiger charge is -2.36. The maximum absolute atomic E-state index is 12.6. The van der Waals surface area contributed by atoms with Gasteiger partial charge in [-0.3, -0.25) is 9.52 Å². The molecule has 1 fully saturated rings. The molecule has 3 aromatic carbocycles. The van der Waals surface area contributed by atoms with Crippen LogP contribution >= 0.6 is 23.2 Å². The topological polar surface area (TPSA) is 78.9 Å². The number of halogens is 2. The summed E-state index contributed by atoms with van der Waals surface area (Å²) in [5.74, 6) is 0.295. The summed E-state index contributed by atoms with van der Waals surface area (Å²) in [4.78, 5) is 16.6. The van der Waals surface area contributed by atoms with E-state index in [4.69, 9.17) is 27.9 Å². The minimum absolute atomic E-state index is 0.0817. The number of amides is 1. The highest BCUT2D eigenvalue weighted by Crippen LogP contribution is 2.22. The third kappa shape index (κ3) is 6.14. The van der Waals surface area contributed by atoms with Crippen molar-refractivity contribution in [2.45, 2.75) is 4.90 Å². The maximum Gasteiger partial charge on any atom is 0.261 e. The van der Waals surface area contributed by atoms with Crippen molar-refractivity contribution in [2.75, 3.05) is 42.4 Å². The number of benzene rings is 3. The smallest absolute Gasteiger partial charge is 0.261 e. The molecule has 10 heteroatoms. The summed E-state index contributed by atoms with van der Waals surface area (Å²) in [5, 5.41) is 1.20. The number of sulfonamides is 1. The van der Waals surface area contributed by atoms with Crippen molar-refractivity contribution in [3.63, 3.8) is 0 Å². The Morgan fingerprint density at radius 1 is 0.882 bits per heavy atom. The normalized spacial score (nSPS) is 14.1. The summed E-state index contributed by atoms with van der Waals surface area (Å²) in [6.07, 6.45) is 0. The Morgan fingerprint density at radius 2 is 1.56 bits per heavy atom. The third-order valence-electron chi connectivity index (χ3n) is 5.40. The van der Waals surface area contributed by atoms with Crippen molar-refractivity contribution >= 4 is 50.5 Å². The number of carbonyl (C=O) groups is 1. The predicted octanol–water partition coefficient (Wildman–Crippen LogP) is 4.52. The molecule has 3 aromatic rings. The highest BCUT2D eigenvalue weighted by Gasteiger charge is 2.22. The Kier molecular flexibility index (Phi) is 7.50. The lowest BCUT2D eigenvalue weighted by atomic mass is 10.2. The van der Waals surface area contributed by atoms with Gasteiger partial charge < -0.3 is 14.5 Å². The molecule has 178 valence electrons. The van der Waals surface area contributed by atoms with Gasteiger partial charge in [0.25, 0.3) is 15.9 Å². The van der Waals surface area contributed by atoms with Gasteiger partial charge in [-0.1, -0.05) is 29.3 Å². The molecule has 4 rings (SSSR count). The lowest BCUT2D eigenvalue weighted by Crippen LogP contribution is -2.50. The highest BCUT2D eigenvalue weighted by atomic mass is 35.5. The van der Waals surface area contributed by atoms with E-state index in [1.807, 2.05) is 24.3 Å². The van der Waals surface area contributed by atoms with E-state index >= 15 is 0 Å². The molecule has 1 heterocycles. The summed E-state index contributed by atoms with van der Waals surface area (Å²) < 4.78 is 33.2. The first kappa shape index (κ1) is 24.2. The number of anilines is 2. The molecule has 0 unspecified atom stereocenters. The maximum atomic E-state index is 12.6. The molecular formula is C24H23Cl2N3O4S. The zero-order valence-electron chi connectivity index (χ0n) is 18.2. The van der Waals surface area contributed by atoms with Gasteiger partial charge in [0.05, 0.1) is 4.90 Å². The Hall–Kier alpha value is -2.94. The van der Waals surface area contributed by atoms with Gasteiger partial charge in [0.1, 0.15) is 5.75 Å². The van der Waals surface area contributed by atoms with Gasteiger partial charge >= 0.3 is 0 Å². The number of ether oxygens (including phenoxy) is 1. The molecule has 0 atom stereocenters. The fourth-order valence-electron chi connectivity index (χ4n) is 3.57. The first-order valence-electron chi connectivity index (χ1n) is 10.6. The number of nitrogens with zero attached hydrogens (tertiary/aromatic N) is 2. The molecule has 1 saturated heterocycles. The first-order chi connectivity index (χ1) is 16.3. The molecule has 0 saturated carbocycles. The van der Waals surface area contributed by atoms with Gasteiger partial charge in [0, 0.05) is 47.6 Å². The van der Waals surface area contributed by atoms with E-state index in [9.17, 15) is 13.2 Å². The van der Waals surface area contributed by atoms with Crippen molar-refractivity contribution in [1.82, 2.24) is 4.90 Å². The molecule has 7 nitrogen and oxygen atoms in total. The molecule has 34 heavy (non-hydrogen) atoms. The first-order valence-corrected chi connectivity index (χ1v) is 12.8. The van der Waals surface area contributed by atoms with Gasteiger partial charge in [-0.05, 0) is 66.7 Å². The fraction of sp³-hybridized carbons (Fsp3) is 0.208. The molecule has 0 spiro atoms. The Labute approximate surface area is 208 Å². The zero-order valence-corrected chi connectivity index (χ0v) is 20.5. The van der Waals surface area contributed by atoms with Crippen LogP contribution in [0.15, 0.2) is 77.7 Å². The number of nitrogens with one attached hydrogen (secondary N) is 1. The number of hydrogen-bond acceptors (Lipinski definition) is 5. The summed E-state index contributed by atoms with van der Waals surface area (Å²) in [5.41, 5.74) is 1.45. The van der Waals surface area contributed by atoms with Crippen LogP contribution in [0.25, 0.3) is 0 Å². The van der Waals surface area contributed by atoms with E-state index in [0.29, 0.717) is 47.7 Å². The van der Waals surface area contributed by atoms with Crippen LogP contribution < -0.4 is 14.4 Å². The number of rotatable bonds is 7. The molecule has 0 aromatic heterocycles. The quantitative estimate of drug-likeness (QED) is 0.496. The van der Waals surface area contributed by atoms with Gasteiger partial charge in [0.2, 0.25) is 0 Å². The average Bonchev–Trinajstić information content (AvgIpc) is 2.84. The summed E-state index contributed by atoms with van der Waals surface area (Å²) >= 11 is 11.9. The second kappa shape index (κ2) is 10.5.